The zero-order valence-electron chi connectivity index (χ0n) is 7.25. The fraction of sp³-hybridized carbons (Fsp3) is 0.100. The van der Waals surface area contributed by atoms with E-state index in [2.05, 4.69) is 22.0 Å². The number of fused-ring (bicyclic) bond motifs is 1. The van der Waals surface area contributed by atoms with E-state index in [4.69, 9.17) is 11.0 Å². The third-order valence-corrected chi connectivity index (χ3v) is 3.79. The fourth-order valence-corrected chi connectivity index (χ4v) is 3.10. The molecule has 4 heteroatoms. The van der Waals surface area contributed by atoms with Gasteiger partial charge in [0.25, 0.3) is 0 Å². The first kappa shape index (κ1) is 9.50. The van der Waals surface area contributed by atoms with E-state index in [9.17, 15) is 0 Å². The van der Waals surface area contributed by atoms with E-state index in [1.54, 1.807) is 0 Å². The van der Waals surface area contributed by atoms with Gasteiger partial charge in [-0.3, -0.25) is 0 Å². The van der Waals surface area contributed by atoms with Gasteiger partial charge in [0.15, 0.2) is 0 Å². The van der Waals surface area contributed by atoms with Crippen LogP contribution in [0.5, 0.6) is 0 Å². The van der Waals surface area contributed by atoms with Gasteiger partial charge in [0.1, 0.15) is 11.1 Å². The van der Waals surface area contributed by atoms with Gasteiger partial charge >= 0.3 is 0 Å². The smallest absolute Gasteiger partial charge is 0.105 e. The molecule has 2 aromatic rings. The number of benzene rings is 1. The molecule has 0 fully saturated rings. The lowest BCUT2D eigenvalue weighted by molar-refractivity contribution is 1.50. The maximum atomic E-state index is 8.93. The van der Waals surface area contributed by atoms with E-state index >= 15 is 0 Å². The second kappa shape index (κ2) is 3.60. The van der Waals surface area contributed by atoms with Crippen LogP contribution >= 0.6 is 27.3 Å². The van der Waals surface area contributed by atoms with Crippen molar-refractivity contribution in [2.24, 2.45) is 0 Å². The van der Waals surface area contributed by atoms with E-state index in [1.165, 1.54) is 16.9 Å². The van der Waals surface area contributed by atoms with E-state index < -0.39 is 0 Å². The van der Waals surface area contributed by atoms with Crippen molar-refractivity contribution in [2.75, 3.05) is 5.73 Å². The molecule has 0 bridgehead atoms. The van der Waals surface area contributed by atoms with Crippen LogP contribution < -0.4 is 5.73 Å². The molecule has 0 spiro atoms. The predicted molar refractivity (Wildman–Crippen MR) is 63.6 cm³/mol. The molecule has 1 aromatic heterocycles. The maximum absolute atomic E-state index is 8.93. The van der Waals surface area contributed by atoms with Crippen molar-refractivity contribution in [1.29, 1.82) is 5.26 Å². The van der Waals surface area contributed by atoms with Crippen LogP contribution in [0.25, 0.3) is 10.1 Å². The minimum absolute atomic E-state index is 0.604. The summed E-state index contributed by atoms with van der Waals surface area (Å²) >= 11 is 4.90. The number of thiophene rings is 1. The summed E-state index contributed by atoms with van der Waals surface area (Å²) in [5, 5.41) is 11.3. The van der Waals surface area contributed by atoms with Crippen LogP contribution in [-0.2, 0) is 5.33 Å². The van der Waals surface area contributed by atoms with E-state index in [-0.39, 0.29) is 0 Å². The topological polar surface area (TPSA) is 49.8 Å². The molecule has 0 unspecified atom stereocenters. The van der Waals surface area contributed by atoms with Crippen molar-refractivity contribution < 1.29 is 0 Å². The van der Waals surface area contributed by atoms with Crippen molar-refractivity contribution in [3.63, 3.8) is 0 Å². The van der Waals surface area contributed by atoms with Crippen molar-refractivity contribution in [1.82, 2.24) is 0 Å². The largest absolute Gasteiger partial charge is 0.389 e. The highest BCUT2D eigenvalue weighted by molar-refractivity contribution is 9.08. The Bertz CT molecular complexity index is 525. The van der Waals surface area contributed by atoms with Gasteiger partial charge in [0.05, 0.1) is 5.56 Å². The lowest BCUT2D eigenvalue weighted by atomic mass is 10.1. The van der Waals surface area contributed by atoms with Crippen molar-refractivity contribution in [2.45, 2.75) is 5.33 Å². The summed E-state index contributed by atoms with van der Waals surface area (Å²) in [6, 6.07) is 8.06. The Balaban J connectivity index is 2.87. The molecule has 1 heterocycles. The first-order chi connectivity index (χ1) is 6.77. The summed E-state index contributed by atoms with van der Waals surface area (Å²) in [5.41, 5.74) is 7.55. The summed E-state index contributed by atoms with van der Waals surface area (Å²) in [6.45, 7) is 0. The molecule has 2 N–H and O–H groups in total. The van der Waals surface area contributed by atoms with E-state index in [0.717, 1.165) is 15.4 Å². The number of nitrogen functional groups attached to an aromatic ring is 1. The zero-order valence-corrected chi connectivity index (χ0v) is 9.65. The maximum Gasteiger partial charge on any atom is 0.105 e. The Morgan fingerprint density at radius 3 is 2.93 bits per heavy atom. The molecule has 2 nitrogen and oxygen atoms in total. The first-order valence-corrected chi connectivity index (χ1v) is 5.97. The van der Waals surface area contributed by atoms with Crippen LogP contribution in [0.2, 0.25) is 0 Å². The van der Waals surface area contributed by atoms with Crippen LogP contribution in [-0.4, -0.2) is 0 Å². The molecule has 0 aliphatic carbocycles. The number of nitrogens with two attached hydrogens (primary N) is 1. The van der Waals surface area contributed by atoms with Gasteiger partial charge in [-0.1, -0.05) is 34.1 Å². The summed E-state index contributed by atoms with van der Waals surface area (Å²) in [4.78, 5) is 0. The molecule has 2 rings (SSSR count). The minimum Gasteiger partial charge on any atom is -0.389 e. The summed E-state index contributed by atoms with van der Waals surface area (Å²) in [5.74, 6) is 0. The fourth-order valence-electron chi connectivity index (χ4n) is 1.42. The molecule has 0 atom stereocenters. The standard InChI is InChI=1S/C10H7BrN2S/c11-4-6-2-1-3-7-8(5-12)10(13)14-9(6)7/h1-3H,4,13H2. The molecule has 0 aliphatic heterocycles. The van der Waals surface area contributed by atoms with Gasteiger partial charge in [0.2, 0.25) is 0 Å². The molecule has 70 valence electrons. The number of rotatable bonds is 1. The third kappa shape index (κ3) is 1.29. The summed E-state index contributed by atoms with van der Waals surface area (Å²) in [6.07, 6.45) is 0. The van der Waals surface area contributed by atoms with Crippen LogP contribution in [0.1, 0.15) is 11.1 Å². The van der Waals surface area contributed by atoms with Crippen LogP contribution in [0.3, 0.4) is 0 Å². The Labute approximate surface area is 94.1 Å². The summed E-state index contributed by atoms with van der Waals surface area (Å²) < 4.78 is 1.11. The Morgan fingerprint density at radius 1 is 1.50 bits per heavy atom. The molecule has 0 saturated heterocycles. The summed E-state index contributed by atoms with van der Waals surface area (Å²) in [7, 11) is 0. The highest BCUT2D eigenvalue weighted by atomic mass is 79.9. The van der Waals surface area contributed by atoms with Crippen LogP contribution in [0, 0.1) is 11.3 Å². The second-order valence-corrected chi connectivity index (χ2v) is 4.49. The van der Waals surface area contributed by atoms with E-state index in [0.29, 0.717) is 10.6 Å². The van der Waals surface area contributed by atoms with E-state index in [1.807, 2.05) is 18.2 Å². The van der Waals surface area contributed by atoms with Gasteiger partial charge in [-0.05, 0) is 5.56 Å². The zero-order chi connectivity index (χ0) is 10.1. The molecule has 0 amide bonds. The van der Waals surface area contributed by atoms with Gasteiger partial charge in [-0.15, -0.1) is 11.3 Å². The normalized spacial score (nSPS) is 10.3. The third-order valence-electron chi connectivity index (χ3n) is 2.08. The van der Waals surface area contributed by atoms with Crippen molar-refractivity contribution in [3.05, 3.63) is 29.3 Å². The monoisotopic (exact) mass is 266 g/mol. The predicted octanol–water partition coefficient (Wildman–Crippen LogP) is 3.25. The number of nitrogens with zero attached hydrogens (tertiary/aromatic N) is 1. The van der Waals surface area contributed by atoms with Gasteiger partial charge in [-0.25, -0.2) is 0 Å². The highest BCUT2D eigenvalue weighted by Crippen LogP contribution is 2.35. The molecule has 0 saturated carbocycles. The van der Waals surface area contributed by atoms with Crippen molar-refractivity contribution in [3.8, 4) is 6.07 Å². The van der Waals surface area contributed by atoms with Gasteiger partial charge in [-0.2, -0.15) is 5.26 Å². The molecule has 1 aromatic carbocycles. The second-order valence-electron chi connectivity index (χ2n) is 2.88. The first-order valence-electron chi connectivity index (χ1n) is 4.04. The molecule has 0 aliphatic rings. The van der Waals surface area contributed by atoms with Gasteiger partial charge < -0.3 is 5.73 Å². The van der Waals surface area contributed by atoms with Gasteiger partial charge in [0, 0.05) is 15.4 Å². The number of hydrogen-bond acceptors (Lipinski definition) is 3. The molecule has 0 radical (unpaired) electrons. The SMILES string of the molecule is N#Cc1c(N)sc2c(CBr)cccc12. The Hall–Kier alpha value is -1.05. The van der Waals surface area contributed by atoms with Crippen LogP contribution in [0.15, 0.2) is 18.2 Å². The number of halogens is 1. The Kier molecular flexibility index (Phi) is 2.44. The average molecular weight is 267 g/mol. The lowest BCUT2D eigenvalue weighted by Gasteiger charge is -1.96. The highest BCUT2D eigenvalue weighted by Gasteiger charge is 2.10. The molecular formula is C10H7BrN2S. The van der Waals surface area contributed by atoms with Crippen molar-refractivity contribution >= 4 is 42.4 Å². The number of nitriles is 1. The Morgan fingerprint density at radius 2 is 2.29 bits per heavy atom. The molecule has 14 heavy (non-hydrogen) atoms. The lowest BCUT2D eigenvalue weighted by Crippen LogP contribution is -1.82. The quantitative estimate of drug-likeness (QED) is 0.806. The average Bonchev–Trinajstić information content (AvgIpc) is 2.52. The minimum atomic E-state index is 0.604. The van der Waals surface area contributed by atoms with Crippen LogP contribution in [0.4, 0.5) is 5.00 Å². The molecular weight excluding hydrogens is 260 g/mol. The number of alkyl halides is 1. The number of anilines is 1. The number of hydrogen-bond donors (Lipinski definition) is 1.